The third kappa shape index (κ3) is 3.41. The molecule has 2 amide bonds. The molecule has 0 saturated carbocycles. The van der Waals surface area contributed by atoms with Crippen molar-refractivity contribution in [3.8, 4) is 0 Å². The number of anilines is 1. The zero-order chi connectivity index (χ0) is 19.7. The first-order chi connectivity index (χ1) is 13.5. The number of fused-ring (bicyclic) bond motifs is 1. The van der Waals surface area contributed by atoms with Crippen molar-refractivity contribution in [1.82, 2.24) is 4.90 Å². The Hall–Kier alpha value is -3.40. The predicted molar refractivity (Wildman–Crippen MR) is 110 cm³/mol. The van der Waals surface area contributed by atoms with Crippen molar-refractivity contribution < 1.29 is 9.59 Å². The molecule has 0 aliphatic carbocycles. The van der Waals surface area contributed by atoms with Gasteiger partial charge in [0.15, 0.2) is 0 Å². The molecule has 1 heterocycles. The third-order valence-corrected chi connectivity index (χ3v) is 5.01. The Bertz CT molecular complexity index is 1020. The van der Waals surface area contributed by atoms with Crippen molar-refractivity contribution in [2.24, 2.45) is 0 Å². The molecular weight excluding hydrogens is 348 g/mol. The van der Waals surface area contributed by atoms with Gasteiger partial charge in [-0.05, 0) is 54.3 Å². The van der Waals surface area contributed by atoms with Crippen LogP contribution < -0.4 is 5.32 Å². The number of carbonyl (C=O) groups is 2. The molecule has 1 aliphatic rings. The Kier molecular flexibility index (Phi) is 4.70. The molecule has 1 atom stereocenters. The lowest BCUT2D eigenvalue weighted by atomic mass is 10.0. The lowest BCUT2D eigenvalue weighted by Gasteiger charge is -2.27. The van der Waals surface area contributed by atoms with Gasteiger partial charge in [-0.1, -0.05) is 54.6 Å². The third-order valence-electron chi connectivity index (χ3n) is 5.01. The first-order valence-corrected chi connectivity index (χ1v) is 9.36. The molecule has 4 nitrogen and oxygen atoms in total. The van der Waals surface area contributed by atoms with Crippen molar-refractivity contribution in [1.29, 1.82) is 0 Å². The van der Waals surface area contributed by atoms with Gasteiger partial charge in [0.05, 0.1) is 0 Å². The zero-order valence-corrected chi connectivity index (χ0v) is 16.0. The van der Waals surface area contributed by atoms with Crippen LogP contribution in [0, 0.1) is 13.8 Å². The van der Waals surface area contributed by atoms with Gasteiger partial charge in [-0.2, -0.15) is 0 Å². The minimum atomic E-state index is -0.693. The maximum absolute atomic E-state index is 13.3. The fourth-order valence-electron chi connectivity index (χ4n) is 3.85. The van der Waals surface area contributed by atoms with Crippen molar-refractivity contribution >= 4 is 17.5 Å². The van der Waals surface area contributed by atoms with Crippen LogP contribution in [-0.2, 0) is 11.3 Å². The lowest BCUT2D eigenvalue weighted by Crippen LogP contribution is -2.37. The van der Waals surface area contributed by atoms with E-state index in [1.807, 2.05) is 80.6 Å². The molecule has 0 aromatic heterocycles. The summed E-state index contributed by atoms with van der Waals surface area (Å²) in [4.78, 5) is 28.0. The summed E-state index contributed by atoms with van der Waals surface area (Å²) >= 11 is 0. The van der Waals surface area contributed by atoms with Gasteiger partial charge in [-0.15, -0.1) is 0 Å². The SMILES string of the molecule is Cc1cc(C)cc(NC(=O)[C@@H](c2ccccc2)N2Cc3ccccc3C2=O)c1. The van der Waals surface area contributed by atoms with Crippen LogP contribution in [0.5, 0.6) is 0 Å². The van der Waals surface area contributed by atoms with E-state index in [9.17, 15) is 9.59 Å². The van der Waals surface area contributed by atoms with Crippen LogP contribution in [0.4, 0.5) is 5.69 Å². The number of amides is 2. The fourth-order valence-corrected chi connectivity index (χ4v) is 3.85. The molecule has 28 heavy (non-hydrogen) atoms. The average molecular weight is 370 g/mol. The summed E-state index contributed by atoms with van der Waals surface area (Å²) in [7, 11) is 0. The number of aryl methyl sites for hydroxylation is 2. The van der Waals surface area contributed by atoms with Crippen molar-refractivity contribution in [2.45, 2.75) is 26.4 Å². The van der Waals surface area contributed by atoms with Crippen molar-refractivity contribution in [3.63, 3.8) is 0 Å². The molecule has 0 bridgehead atoms. The van der Waals surface area contributed by atoms with Crippen LogP contribution in [0.25, 0.3) is 0 Å². The van der Waals surface area contributed by atoms with Gasteiger partial charge in [0, 0.05) is 17.8 Å². The van der Waals surface area contributed by atoms with Crippen LogP contribution in [0.2, 0.25) is 0 Å². The van der Waals surface area contributed by atoms with E-state index >= 15 is 0 Å². The van der Waals surface area contributed by atoms with Gasteiger partial charge in [-0.3, -0.25) is 9.59 Å². The van der Waals surface area contributed by atoms with Gasteiger partial charge in [0.1, 0.15) is 6.04 Å². The predicted octanol–water partition coefficient (Wildman–Crippen LogP) is 4.64. The van der Waals surface area contributed by atoms with E-state index in [1.165, 1.54) is 0 Å². The molecule has 1 aliphatic heterocycles. The monoisotopic (exact) mass is 370 g/mol. The Balaban J connectivity index is 1.69. The molecule has 0 saturated heterocycles. The topological polar surface area (TPSA) is 49.4 Å². The Morgan fingerprint density at radius 3 is 2.25 bits per heavy atom. The number of nitrogens with one attached hydrogen (secondary N) is 1. The highest BCUT2D eigenvalue weighted by Gasteiger charge is 2.37. The summed E-state index contributed by atoms with van der Waals surface area (Å²) in [5, 5.41) is 3.01. The highest BCUT2D eigenvalue weighted by Crippen LogP contribution is 2.32. The zero-order valence-electron chi connectivity index (χ0n) is 16.0. The minimum Gasteiger partial charge on any atom is -0.324 e. The first kappa shape index (κ1) is 18.0. The Morgan fingerprint density at radius 2 is 1.57 bits per heavy atom. The van der Waals surface area contributed by atoms with Gasteiger partial charge in [-0.25, -0.2) is 0 Å². The summed E-state index contributed by atoms with van der Waals surface area (Å²) in [6.45, 7) is 4.42. The quantitative estimate of drug-likeness (QED) is 0.727. The summed E-state index contributed by atoms with van der Waals surface area (Å²) in [5.74, 6) is -0.322. The largest absolute Gasteiger partial charge is 0.324 e. The minimum absolute atomic E-state index is 0.111. The summed E-state index contributed by atoms with van der Waals surface area (Å²) in [5.41, 5.74) is 5.32. The first-order valence-electron chi connectivity index (χ1n) is 9.36. The number of hydrogen-bond acceptors (Lipinski definition) is 2. The average Bonchev–Trinajstić information content (AvgIpc) is 2.99. The van der Waals surface area contributed by atoms with E-state index < -0.39 is 6.04 Å². The standard InChI is InChI=1S/C24H22N2O2/c1-16-12-17(2)14-20(13-16)25-23(27)22(18-8-4-3-5-9-18)26-15-19-10-6-7-11-21(19)24(26)28/h3-14,22H,15H2,1-2H3,(H,25,27)/t22-/m1/s1. The van der Waals surface area contributed by atoms with Crippen molar-refractivity contribution in [3.05, 3.63) is 101 Å². The highest BCUT2D eigenvalue weighted by atomic mass is 16.2. The highest BCUT2D eigenvalue weighted by molar-refractivity contribution is 6.04. The van der Waals surface area contributed by atoms with Crippen LogP contribution in [0.3, 0.4) is 0 Å². The molecule has 3 aromatic rings. The molecule has 140 valence electrons. The molecule has 0 unspecified atom stereocenters. The van der Waals surface area contributed by atoms with Gasteiger partial charge < -0.3 is 10.2 Å². The molecule has 0 radical (unpaired) electrons. The molecule has 0 spiro atoms. The fraction of sp³-hybridized carbons (Fsp3) is 0.167. The van der Waals surface area contributed by atoms with E-state index in [0.29, 0.717) is 12.1 Å². The van der Waals surface area contributed by atoms with Gasteiger partial charge in [0.2, 0.25) is 0 Å². The molecule has 1 N–H and O–H groups in total. The van der Waals surface area contributed by atoms with E-state index in [1.54, 1.807) is 4.90 Å². The molecule has 3 aromatic carbocycles. The van der Waals surface area contributed by atoms with Crippen LogP contribution in [0.15, 0.2) is 72.8 Å². The maximum Gasteiger partial charge on any atom is 0.255 e. The lowest BCUT2D eigenvalue weighted by molar-refractivity contribution is -0.120. The maximum atomic E-state index is 13.3. The van der Waals surface area contributed by atoms with Gasteiger partial charge >= 0.3 is 0 Å². The smallest absolute Gasteiger partial charge is 0.255 e. The van der Waals surface area contributed by atoms with Gasteiger partial charge in [0.25, 0.3) is 11.8 Å². The molecular formula is C24H22N2O2. The van der Waals surface area contributed by atoms with E-state index in [0.717, 1.165) is 27.9 Å². The van der Waals surface area contributed by atoms with Crippen LogP contribution >= 0.6 is 0 Å². The van der Waals surface area contributed by atoms with E-state index in [2.05, 4.69) is 11.4 Å². The van der Waals surface area contributed by atoms with E-state index in [-0.39, 0.29) is 11.8 Å². The van der Waals surface area contributed by atoms with Crippen molar-refractivity contribution in [2.75, 3.05) is 5.32 Å². The number of hydrogen-bond donors (Lipinski definition) is 1. The molecule has 4 rings (SSSR count). The normalized spacial score (nSPS) is 13.9. The number of nitrogens with zero attached hydrogens (tertiary/aromatic N) is 1. The number of rotatable bonds is 4. The van der Waals surface area contributed by atoms with Crippen LogP contribution in [-0.4, -0.2) is 16.7 Å². The Labute approximate surface area is 164 Å². The van der Waals surface area contributed by atoms with Crippen LogP contribution in [0.1, 0.15) is 38.7 Å². The molecule has 4 heteroatoms. The summed E-state index contributed by atoms with van der Waals surface area (Å²) in [6, 6.07) is 22.2. The summed E-state index contributed by atoms with van der Waals surface area (Å²) < 4.78 is 0. The number of benzene rings is 3. The number of carbonyl (C=O) groups excluding carboxylic acids is 2. The Morgan fingerprint density at radius 1 is 0.929 bits per heavy atom. The van der Waals surface area contributed by atoms with E-state index in [4.69, 9.17) is 0 Å². The second kappa shape index (κ2) is 7.31. The second-order valence-electron chi connectivity index (χ2n) is 7.27. The molecule has 0 fully saturated rings. The summed E-state index contributed by atoms with van der Waals surface area (Å²) in [6.07, 6.45) is 0. The second-order valence-corrected chi connectivity index (χ2v) is 7.27.